The van der Waals surface area contributed by atoms with Crippen molar-refractivity contribution < 1.29 is 9.53 Å². The third kappa shape index (κ3) is 8.35. The van der Waals surface area contributed by atoms with E-state index in [1.165, 1.54) is 5.56 Å². The molecular weight excluding hydrogens is 240 g/mol. The van der Waals surface area contributed by atoms with Gasteiger partial charge in [-0.3, -0.25) is 4.79 Å². The summed E-state index contributed by atoms with van der Waals surface area (Å²) >= 11 is 0. The van der Waals surface area contributed by atoms with Crippen molar-refractivity contribution in [1.29, 1.82) is 0 Å². The molecule has 0 heterocycles. The molecule has 0 aliphatic heterocycles. The van der Waals surface area contributed by atoms with Crippen molar-refractivity contribution in [2.75, 3.05) is 33.4 Å². The molecule has 2 N–H and O–H groups in total. The van der Waals surface area contributed by atoms with Crippen molar-refractivity contribution in [3.05, 3.63) is 35.9 Å². The second-order valence-corrected chi connectivity index (χ2v) is 4.46. The second kappa shape index (κ2) is 10.5. The van der Waals surface area contributed by atoms with Crippen molar-refractivity contribution in [2.45, 2.75) is 19.3 Å². The number of ether oxygens (including phenoxy) is 1. The molecule has 0 aliphatic carbocycles. The van der Waals surface area contributed by atoms with Crippen LogP contribution in [-0.4, -0.2) is 39.3 Å². The first-order valence-electron chi connectivity index (χ1n) is 6.83. The number of amides is 1. The average Bonchev–Trinajstić information content (AvgIpc) is 2.44. The van der Waals surface area contributed by atoms with E-state index in [4.69, 9.17) is 4.74 Å². The van der Waals surface area contributed by atoms with Gasteiger partial charge in [0.25, 0.3) is 0 Å². The molecule has 0 saturated heterocycles. The van der Waals surface area contributed by atoms with Crippen LogP contribution in [-0.2, 0) is 16.0 Å². The van der Waals surface area contributed by atoms with Gasteiger partial charge in [0.05, 0.1) is 6.54 Å². The summed E-state index contributed by atoms with van der Waals surface area (Å²) in [6.07, 6.45) is 2.90. The van der Waals surface area contributed by atoms with Crippen LogP contribution >= 0.6 is 0 Å². The molecule has 0 unspecified atom stereocenters. The first kappa shape index (κ1) is 15.7. The molecule has 0 radical (unpaired) electrons. The molecule has 1 aromatic carbocycles. The van der Waals surface area contributed by atoms with Crippen LogP contribution in [0.5, 0.6) is 0 Å². The maximum Gasteiger partial charge on any atom is 0.233 e. The Morgan fingerprint density at radius 2 is 1.95 bits per heavy atom. The van der Waals surface area contributed by atoms with E-state index in [2.05, 4.69) is 22.8 Å². The quantitative estimate of drug-likeness (QED) is 0.627. The molecule has 4 heteroatoms. The molecule has 0 spiro atoms. The maximum absolute atomic E-state index is 11.5. The molecule has 0 bridgehead atoms. The maximum atomic E-state index is 11.5. The van der Waals surface area contributed by atoms with E-state index >= 15 is 0 Å². The van der Waals surface area contributed by atoms with Gasteiger partial charge in [0.1, 0.15) is 0 Å². The lowest BCUT2D eigenvalue weighted by atomic mass is 10.1. The summed E-state index contributed by atoms with van der Waals surface area (Å²) in [4.78, 5) is 11.5. The topological polar surface area (TPSA) is 50.4 Å². The lowest BCUT2D eigenvalue weighted by molar-refractivity contribution is -0.120. The first-order valence-corrected chi connectivity index (χ1v) is 6.83. The Balaban J connectivity index is 1.95. The number of hydrogen-bond acceptors (Lipinski definition) is 3. The van der Waals surface area contributed by atoms with Crippen LogP contribution < -0.4 is 10.6 Å². The Labute approximate surface area is 115 Å². The number of benzene rings is 1. The fourth-order valence-corrected chi connectivity index (χ4v) is 1.77. The van der Waals surface area contributed by atoms with Gasteiger partial charge in [-0.15, -0.1) is 0 Å². The molecule has 1 rings (SSSR count). The van der Waals surface area contributed by atoms with Crippen molar-refractivity contribution in [1.82, 2.24) is 10.6 Å². The lowest BCUT2D eigenvalue weighted by Gasteiger charge is -2.06. The summed E-state index contributed by atoms with van der Waals surface area (Å²) in [5, 5.41) is 6.00. The number of methoxy groups -OCH3 is 1. The van der Waals surface area contributed by atoms with Gasteiger partial charge in [0.15, 0.2) is 0 Å². The standard InChI is InChI=1S/C15H24N2O2/c1-19-12-6-10-16-13-15(18)17-11-5-9-14-7-3-2-4-8-14/h2-4,7-8,16H,5-6,9-13H2,1H3,(H,17,18). The number of aryl methyl sites for hydroxylation is 1. The Hall–Kier alpha value is -1.39. The molecule has 0 fully saturated rings. The minimum Gasteiger partial charge on any atom is -0.385 e. The number of carbonyl (C=O) groups is 1. The Bertz CT molecular complexity index is 341. The van der Waals surface area contributed by atoms with E-state index in [-0.39, 0.29) is 5.91 Å². The molecule has 0 atom stereocenters. The van der Waals surface area contributed by atoms with Gasteiger partial charge < -0.3 is 15.4 Å². The smallest absolute Gasteiger partial charge is 0.233 e. The van der Waals surface area contributed by atoms with E-state index in [1.807, 2.05) is 18.2 Å². The average molecular weight is 264 g/mol. The summed E-state index contributed by atoms with van der Waals surface area (Å²) in [6.45, 7) is 2.65. The SMILES string of the molecule is COCCCNCC(=O)NCCCc1ccccc1. The molecule has 1 aromatic rings. The van der Waals surface area contributed by atoms with Gasteiger partial charge in [-0.05, 0) is 31.4 Å². The van der Waals surface area contributed by atoms with Crippen LogP contribution in [0.25, 0.3) is 0 Å². The van der Waals surface area contributed by atoms with Gasteiger partial charge in [-0.2, -0.15) is 0 Å². The third-order valence-corrected chi connectivity index (χ3v) is 2.79. The summed E-state index contributed by atoms with van der Waals surface area (Å²) in [6, 6.07) is 10.3. The van der Waals surface area contributed by atoms with Crippen molar-refractivity contribution >= 4 is 5.91 Å². The Morgan fingerprint density at radius 1 is 1.16 bits per heavy atom. The van der Waals surface area contributed by atoms with E-state index < -0.39 is 0 Å². The highest BCUT2D eigenvalue weighted by Gasteiger charge is 1.99. The van der Waals surface area contributed by atoms with Gasteiger partial charge >= 0.3 is 0 Å². The fraction of sp³-hybridized carbons (Fsp3) is 0.533. The van der Waals surface area contributed by atoms with Crippen LogP contribution in [0, 0.1) is 0 Å². The van der Waals surface area contributed by atoms with Gasteiger partial charge in [-0.25, -0.2) is 0 Å². The zero-order valence-electron chi connectivity index (χ0n) is 11.7. The molecule has 1 amide bonds. The first-order chi connectivity index (χ1) is 9.33. The number of rotatable bonds is 10. The van der Waals surface area contributed by atoms with Gasteiger partial charge in [-0.1, -0.05) is 30.3 Å². The van der Waals surface area contributed by atoms with Crippen LogP contribution in [0.15, 0.2) is 30.3 Å². The summed E-state index contributed by atoms with van der Waals surface area (Å²) in [7, 11) is 1.68. The molecular formula is C15H24N2O2. The fourth-order valence-electron chi connectivity index (χ4n) is 1.77. The zero-order valence-corrected chi connectivity index (χ0v) is 11.7. The predicted octanol–water partition coefficient (Wildman–Crippen LogP) is 1.36. The normalized spacial score (nSPS) is 10.4. The largest absolute Gasteiger partial charge is 0.385 e. The van der Waals surface area contributed by atoms with Crippen molar-refractivity contribution in [2.24, 2.45) is 0 Å². The summed E-state index contributed by atoms with van der Waals surface area (Å²) < 4.78 is 4.93. The van der Waals surface area contributed by atoms with Crippen LogP contribution in [0.1, 0.15) is 18.4 Å². The minimum atomic E-state index is 0.0606. The number of hydrogen-bond donors (Lipinski definition) is 2. The van der Waals surface area contributed by atoms with Gasteiger partial charge in [0.2, 0.25) is 5.91 Å². The van der Waals surface area contributed by atoms with Crippen molar-refractivity contribution in [3.63, 3.8) is 0 Å². The zero-order chi connectivity index (χ0) is 13.8. The van der Waals surface area contributed by atoms with Crippen LogP contribution in [0.2, 0.25) is 0 Å². The molecule has 0 aliphatic rings. The monoisotopic (exact) mass is 264 g/mol. The molecule has 106 valence electrons. The molecule has 0 aromatic heterocycles. The molecule has 4 nitrogen and oxygen atoms in total. The van der Waals surface area contributed by atoms with E-state index in [1.54, 1.807) is 7.11 Å². The second-order valence-electron chi connectivity index (χ2n) is 4.46. The third-order valence-electron chi connectivity index (χ3n) is 2.79. The van der Waals surface area contributed by atoms with E-state index in [9.17, 15) is 4.79 Å². The van der Waals surface area contributed by atoms with Crippen LogP contribution in [0.3, 0.4) is 0 Å². The lowest BCUT2D eigenvalue weighted by Crippen LogP contribution is -2.35. The highest BCUT2D eigenvalue weighted by atomic mass is 16.5. The highest BCUT2D eigenvalue weighted by Crippen LogP contribution is 2.01. The summed E-state index contributed by atoms with van der Waals surface area (Å²) in [5.41, 5.74) is 1.31. The Morgan fingerprint density at radius 3 is 2.68 bits per heavy atom. The summed E-state index contributed by atoms with van der Waals surface area (Å²) in [5.74, 6) is 0.0606. The van der Waals surface area contributed by atoms with E-state index in [0.29, 0.717) is 6.54 Å². The predicted molar refractivity (Wildman–Crippen MR) is 77.1 cm³/mol. The van der Waals surface area contributed by atoms with Crippen LogP contribution in [0.4, 0.5) is 0 Å². The number of nitrogens with one attached hydrogen (secondary N) is 2. The van der Waals surface area contributed by atoms with E-state index in [0.717, 1.165) is 39.0 Å². The van der Waals surface area contributed by atoms with Crippen molar-refractivity contribution in [3.8, 4) is 0 Å². The highest BCUT2D eigenvalue weighted by molar-refractivity contribution is 5.77. The molecule has 19 heavy (non-hydrogen) atoms. The molecule has 0 saturated carbocycles. The minimum absolute atomic E-state index is 0.0606. The van der Waals surface area contributed by atoms with Gasteiger partial charge in [0, 0.05) is 20.3 Å². The Kier molecular flexibility index (Phi) is 8.68. The number of carbonyl (C=O) groups excluding carboxylic acids is 1.